The average molecular weight is 315 g/mol. The quantitative estimate of drug-likeness (QED) is 0.672. The van der Waals surface area contributed by atoms with Crippen molar-refractivity contribution in [1.82, 2.24) is 5.32 Å². The van der Waals surface area contributed by atoms with Gasteiger partial charge in [0.25, 0.3) is 0 Å². The Bertz CT molecular complexity index is 658. The summed E-state index contributed by atoms with van der Waals surface area (Å²) in [6.45, 7) is 2.05. The molecule has 1 amide bonds. The van der Waals surface area contributed by atoms with Crippen LogP contribution in [0.15, 0.2) is 24.3 Å². The molecule has 23 heavy (non-hydrogen) atoms. The third-order valence-electron chi connectivity index (χ3n) is 5.57. The summed E-state index contributed by atoms with van der Waals surface area (Å²) in [5.41, 5.74) is 0.460. The molecule has 1 N–H and O–H groups in total. The van der Waals surface area contributed by atoms with Gasteiger partial charge >= 0.3 is 5.97 Å². The molecule has 1 aliphatic carbocycles. The third kappa shape index (κ3) is 1.92. The van der Waals surface area contributed by atoms with Crippen LogP contribution in [0.4, 0.5) is 0 Å². The van der Waals surface area contributed by atoms with E-state index in [1.54, 1.807) is 6.92 Å². The van der Waals surface area contributed by atoms with Gasteiger partial charge in [0.15, 0.2) is 0 Å². The monoisotopic (exact) mass is 315 g/mol. The molecule has 2 heterocycles. The number of esters is 1. The van der Waals surface area contributed by atoms with Crippen molar-refractivity contribution in [1.29, 1.82) is 0 Å². The number of nitrogens with one attached hydrogen (secondary N) is 1. The maximum absolute atomic E-state index is 12.6. The number of ether oxygens (including phenoxy) is 2. The van der Waals surface area contributed by atoms with Gasteiger partial charge in [-0.15, -0.1) is 0 Å². The number of carbonyl (C=O) groups excluding carboxylic acids is 2. The van der Waals surface area contributed by atoms with Crippen LogP contribution in [0.3, 0.4) is 0 Å². The van der Waals surface area contributed by atoms with Crippen molar-refractivity contribution in [3.8, 4) is 5.75 Å². The summed E-state index contributed by atoms with van der Waals surface area (Å²) in [4.78, 5) is 25.2. The van der Waals surface area contributed by atoms with Gasteiger partial charge in [0.05, 0.1) is 18.1 Å². The molecule has 1 saturated heterocycles. The van der Waals surface area contributed by atoms with E-state index in [9.17, 15) is 9.59 Å². The summed E-state index contributed by atoms with van der Waals surface area (Å²) in [6.07, 6.45) is 3.62. The second-order valence-corrected chi connectivity index (χ2v) is 6.63. The molecule has 0 unspecified atom stereocenters. The van der Waals surface area contributed by atoms with Gasteiger partial charge in [0.2, 0.25) is 5.91 Å². The van der Waals surface area contributed by atoms with Crippen LogP contribution in [-0.4, -0.2) is 24.6 Å². The second-order valence-electron chi connectivity index (χ2n) is 6.63. The van der Waals surface area contributed by atoms with Crippen molar-refractivity contribution >= 4 is 11.9 Å². The lowest BCUT2D eigenvalue weighted by Crippen LogP contribution is -2.53. The zero-order valence-electron chi connectivity index (χ0n) is 13.2. The molecule has 2 fully saturated rings. The highest BCUT2D eigenvalue weighted by atomic mass is 16.5. The molecule has 0 bridgehead atoms. The number of hydrogen-bond donors (Lipinski definition) is 1. The zero-order valence-corrected chi connectivity index (χ0v) is 13.2. The first kappa shape index (κ1) is 14.5. The minimum Gasteiger partial charge on any atom is -0.489 e. The molecule has 1 spiro atoms. The molecular weight excluding hydrogens is 294 g/mol. The van der Waals surface area contributed by atoms with Crippen LogP contribution in [0.25, 0.3) is 0 Å². The molecule has 1 saturated carbocycles. The Labute approximate surface area is 135 Å². The molecule has 0 aromatic heterocycles. The number of hydrogen-bond acceptors (Lipinski definition) is 4. The first-order chi connectivity index (χ1) is 11.2. The van der Waals surface area contributed by atoms with Gasteiger partial charge < -0.3 is 14.8 Å². The lowest BCUT2D eigenvalue weighted by molar-refractivity contribution is -0.161. The van der Waals surface area contributed by atoms with E-state index in [0.717, 1.165) is 37.0 Å². The maximum atomic E-state index is 12.6. The standard InChI is InChI=1S/C18H21NO4/c1-2-22-17(21)14-16(20)19-15-11-7-3-4-8-12(11)23-13-9-5-6-10-18(13,14)15/h3-4,7-8,13-15H,2,5-6,9-10H2,1H3,(H,19,20)/t13-,14+,15-,18-/m1/s1. The number of para-hydroxylation sites is 1. The maximum Gasteiger partial charge on any atom is 0.319 e. The van der Waals surface area contributed by atoms with Gasteiger partial charge in [0.1, 0.15) is 17.8 Å². The van der Waals surface area contributed by atoms with E-state index in [2.05, 4.69) is 5.32 Å². The normalized spacial score (nSPS) is 34.5. The molecule has 3 aliphatic rings. The van der Waals surface area contributed by atoms with Crippen molar-refractivity contribution in [2.75, 3.05) is 6.61 Å². The summed E-state index contributed by atoms with van der Waals surface area (Å²) in [5, 5.41) is 3.07. The zero-order chi connectivity index (χ0) is 16.0. The SMILES string of the molecule is CCOC(=O)[C@@H]1C(=O)N[C@@H]2c3ccccc3O[C@@H]3CCCC[C@@]123. The topological polar surface area (TPSA) is 64.6 Å². The minimum absolute atomic E-state index is 0.121. The predicted molar refractivity (Wildman–Crippen MR) is 82.8 cm³/mol. The van der Waals surface area contributed by atoms with Gasteiger partial charge in [0, 0.05) is 5.56 Å². The van der Waals surface area contributed by atoms with Crippen LogP contribution in [0.1, 0.15) is 44.2 Å². The number of carbonyl (C=O) groups is 2. The molecule has 1 aromatic carbocycles. The molecule has 5 nitrogen and oxygen atoms in total. The highest BCUT2D eigenvalue weighted by Gasteiger charge is 2.66. The van der Waals surface area contributed by atoms with E-state index in [1.165, 1.54) is 0 Å². The first-order valence-corrected chi connectivity index (χ1v) is 8.41. The number of rotatable bonds is 2. The number of benzene rings is 1. The Balaban J connectivity index is 1.85. The van der Waals surface area contributed by atoms with Crippen LogP contribution >= 0.6 is 0 Å². The fraction of sp³-hybridized carbons (Fsp3) is 0.556. The van der Waals surface area contributed by atoms with E-state index < -0.39 is 17.3 Å². The molecule has 4 atom stereocenters. The van der Waals surface area contributed by atoms with Crippen LogP contribution < -0.4 is 10.1 Å². The first-order valence-electron chi connectivity index (χ1n) is 8.41. The van der Waals surface area contributed by atoms with Crippen molar-refractivity contribution in [2.45, 2.75) is 44.8 Å². The van der Waals surface area contributed by atoms with Gasteiger partial charge in [-0.1, -0.05) is 24.6 Å². The van der Waals surface area contributed by atoms with Crippen LogP contribution in [-0.2, 0) is 14.3 Å². The van der Waals surface area contributed by atoms with Crippen molar-refractivity contribution in [2.24, 2.45) is 11.3 Å². The summed E-state index contributed by atoms with van der Waals surface area (Å²) < 4.78 is 11.5. The molecule has 0 radical (unpaired) electrons. The Morgan fingerprint density at radius 1 is 1.39 bits per heavy atom. The summed E-state index contributed by atoms with van der Waals surface area (Å²) in [7, 11) is 0. The van der Waals surface area contributed by atoms with E-state index >= 15 is 0 Å². The fourth-order valence-corrected chi connectivity index (χ4v) is 4.69. The molecule has 122 valence electrons. The van der Waals surface area contributed by atoms with Gasteiger partial charge in [-0.25, -0.2) is 0 Å². The summed E-state index contributed by atoms with van der Waals surface area (Å²) in [5.74, 6) is -0.584. The van der Waals surface area contributed by atoms with Crippen molar-refractivity contribution < 1.29 is 19.1 Å². The van der Waals surface area contributed by atoms with E-state index in [1.807, 2.05) is 24.3 Å². The Morgan fingerprint density at radius 3 is 3.04 bits per heavy atom. The largest absolute Gasteiger partial charge is 0.489 e. The molecular formula is C18H21NO4. The molecule has 2 aliphatic heterocycles. The van der Waals surface area contributed by atoms with E-state index in [0.29, 0.717) is 0 Å². The van der Waals surface area contributed by atoms with Crippen molar-refractivity contribution in [3.05, 3.63) is 29.8 Å². The lowest BCUT2D eigenvalue weighted by Gasteiger charge is -2.49. The number of fused-ring (bicyclic) bond motifs is 2. The highest BCUT2D eigenvalue weighted by Crippen LogP contribution is 2.60. The number of amides is 1. The minimum atomic E-state index is -0.772. The van der Waals surface area contributed by atoms with E-state index in [-0.39, 0.29) is 24.7 Å². The summed E-state index contributed by atoms with van der Waals surface area (Å²) in [6, 6.07) is 7.65. The predicted octanol–water partition coefficient (Wildman–Crippen LogP) is 2.36. The van der Waals surface area contributed by atoms with Gasteiger partial charge in [-0.3, -0.25) is 9.59 Å². The Morgan fingerprint density at radius 2 is 2.22 bits per heavy atom. The van der Waals surface area contributed by atoms with Crippen molar-refractivity contribution in [3.63, 3.8) is 0 Å². The highest BCUT2D eigenvalue weighted by molar-refractivity contribution is 6.01. The third-order valence-corrected chi connectivity index (χ3v) is 5.57. The molecule has 4 rings (SSSR count). The van der Waals surface area contributed by atoms with Crippen LogP contribution in [0.5, 0.6) is 5.75 Å². The van der Waals surface area contributed by atoms with E-state index in [4.69, 9.17) is 9.47 Å². The Hall–Kier alpha value is -2.04. The van der Waals surface area contributed by atoms with Gasteiger partial charge in [-0.05, 0) is 32.3 Å². The fourth-order valence-electron chi connectivity index (χ4n) is 4.69. The van der Waals surface area contributed by atoms with Crippen LogP contribution in [0, 0.1) is 11.3 Å². The second kappa shape index (κ2) is 5.25. The average Bonchev–Trinajstić information content (AvgIpc) is 2.85. The van der Waals surface area contributed by atoms with Gasteiger partial charge in [-0.2, -0.15) is 0 Å². The van der Waals surface area contributed by atoms with Crippen LogP contribution in [0.2, 0.25) is 0 Å². The molecule has 5 heteroatoms. The summed E-state index contributed by atoms with van der Waals surface area (Å²) >= 11 is 0. The molecule has 1 aromatic rings. The lowest BCUT2D eigenvalue weighted by atomic mass is 9.59. The Kier molecular flexibility index (Phi) is 3.32. The smallest absolute Gasteiger partial charge is 0.319 e.